The molecule has 1 fully saturated rings. The average Bonchev–Trinajstić information content (AvgIpc) is 3.32. The third kappa shape index (κ3) is 4.50. The molecule has 1 aromatic heterocycles. The molecule has 0 radical (unpaired) electrons. The van der Waals surface area contributed by atoms with Crippen molar-refractivity contribution < 1.29 is 18.7 Å². The number of amides is 2. The van der Waals surface area contributed by atoms with Crippen LogP contribution in [0.2, 0.25) is 0 Å². The van der Waals surface area contributed by atoms with Gasteiger partial charge in [-0.25, -0.2) is 14.2 Å². The minimum atomic E-state index is -0.564. The fourth-order valence-electron chi connectivity index (χ4n) is 3.46. The highest BCUT2D eigenvalue weighted by Gasteiger charge is 2.32. The van der Waals surface area contributed by atoms with Gasteiger partial charge in [-0.3, -0.25) is 9.69 Å². The molecule has 0 spiro atoms. The van der Waals surface area contributed by atoms with Crippen molar-refractivity contribution in [1.82, 2.24) is 14.9 Å². The number of aromatic nitrogens is 2. The molecular weight excluding hydrogens is 401 g/mol. The van der Waals surface area contributed by atoms with E-state index in [4.69, 9.17) is 10.5 Å². The van der Waals surface area contributed by atoms with Crippen LogP contribution in [0.4, 0.5) is 20.8 Å². The number of nitrogens with zero attached hydrogens (tertiary/aromatic N) is 3. The van der Waals surface area contributed by atoms with Crippen LogP contribution >= 0.6 is 0 Å². The topological polar surface area (TPSA) is 102 Å². The number of benzene rings is 2. The summed E-state index contributed by atoms with van der Waals surface area (Å²) in [5.74, 6) is -0.211. The maximum atomic E-state index is 14.9. The molecule has 0 aliphatic carbocycles. The molecule has 2 heterocycles. The van der Waals surface area contributed by atoms with Crippen molar-refractivity contribution in [2.24, 2.45) is 0 Å². The molecule has 31 heavy (non-hydrogen) atoms. The second-order valence-corrected chi connectivity index (χ2v) is 7.33. The maximum absolute atomic E-state index is 14.9. The van der Waals surface area contributed by atoms with E-state index in [1.54, 1.807) is 24.5 Å². The molecule has 160 valence electrons. The Labute approximate surface area is 178 Å². The van der Waals surface area contributed by atoms with Crippen LogP contribution in [0.5, 0.6) is 0 Å². The van der Waals surface area contributed by atoms with Crippen molar-refractivity contribution in [1.29, 1.82) is 0 Å². The molecule has 1 atom stereocenters. The van der Waals surface area contributed by atoms with E-state index in [2.05, 4.69) is 10.3 Å². The van der Waals surface area contributed by atoms with Gasteiger partial charge in [0, 0.05) is 24.9 Å². The number of nitrogens with two attached hydrogens (primary N) is 1. The lowest BCUT2D eigenvalue weighted by molar-refractivity contribution is -0.119. The summed E-state index contributed by atoms with van der Waals surface area (Å²) in [4.78, 5) is 28.5. The van der Waals surface area contributed by atoms with Crippen LogP contribution in [0.3, 0.4) is 0 Å². The molecule has 2 amide bonds. The monoisotopic (exact) mass is 423 g/mol. The molecule has 8 nitrogen and oxygen atoms in total. The van der Waals surface area contributed by atoms with Gasteiger partial charge >= 0.3 is 6.09 Å². The number of carbonyl (C=O) groups is 2. The lowest BCUT2D eigenvalue weighted by atomic mass is 10.0. The maximum Gasteiger partial charge on any atom is 0.414 e. The number of hydrogen-bond donors (Lipinski definition) is 2. The Bertz CT molecular complexity index is 1110. The molecule has 4 rings (SSSR count). The molecule has 1 saturated heterocycles. The Morgan fingerprint density at radius 2 is 2.06 bits per heavy atom. The van der Waals surface area contributed by atoms with Gasteiger partial charge in [0.15, 0.2) is 5.95 Å². The molecule has 0 saturated carbocycles. The number of carbonyl (C=O) groups excluding carboxylic acids is 2. The number of anilines is 2. The summed E-state index contributed by atoms with van der Waals surface area (Å²) in [5.41, 5.74) is 8.36. The van der Waals surface area contributed by atoms with Gasteiger partial charge in [0.2, 0.25) is 5.91 Å². The molecule has 3 aromatic rings. The second kappa shape index (κ2) is 8.47. The summed E-state index contributed by atoms with van der Waals surface area (Å²) in [6.45, 7) is 2.42. The first kappa shape index (κ1) is 20.4. The van der Waals surface area contributed by atoms with Gasteiger partial charge in [-0.15, -0.1) is 0 Å². The van der Waals surface area contributed by atoms with E-state index in [-0.39, 0.29) is 19.0 Å². The van der Waals surface area contributed by atoms with Crippen LogP contribution in [0.1, 0.15) is 12.5 Å². The van der Waals surface area contributed by atoms with E-state index < -0.39 is 18.0 Å². The Kier molecular flexibility index (Phi) is 5.57. The van der Waals surface area contributed by atoms with E-state index >= 15 is 0 Å². The minimum absolute atomic E-state index is 0.204. The Hall–Kier alpha value is -3.88. The number of nitrogen functional groups attached to an aromatic ring is 1. The first-order chi connectivity index (χ1) is 14.9. The standard InChI is InChI=1S/C22H22FN5O3/c1-14(29)26-11-18-13-28(22(30)31-18)17-6-7-19(20(23)10-17)16-4-2-15(3-5-16)12-27-9-8-25-21(27)24/h2-10,18H,11-13H2,1H3,(H2,24,25)(H,26,29)/t18-/m0/s1. The third-order valence-electron chi connectivity index (χ3n) is 5.08. The lowest BCUT2D eigenvalue weighted by Gasteiger charge is -2.15. The van der Waals surface area contributed by atoms with Crippen LogP contribution in [-0.2, 0) is 16.1 Å². The molecule has 0 unspecified atom stereocenters. The van der Waals surface area contributed by atoms with Crippen molar-refractivity contribution >= 4 is 23.6 Å². The van der Waals surface area contributed by atoms with Gasteiger partial charge in [0.05, 0.1) is 25.3 Å². The van der Waals surface area contributed by atoms with Gasteiger partial charge in [0.1, 0.15) is 11.9 Å². The van der Waals surface area contributed by atoms with Gasteiger partial charge in [-0.2, -0.15) is 0 Å². The Morgan fingerprint density at radius 3 is 2.71 bits per heavy atom. The molecule has 2 aromatic carbocycles. The summed E-state index contributed by atoms with van der Waals surface area (Å²) in [6.07, 6.45) is 2.40. The zero-order valence-corrected chi connectivity index (χ0v) is 16.9. The molecule has 3 N–H and O–H groups in total. The Balaban J connectivity index is 1.47. The van der Waals surface area contributed by atoms with Gasteiger partial charge in [-0.05, 0) is 29.3 Å². The van der Waals surface area contributed by atoms with Crippen molar-refractivity contribution in [3.05, 3.63) is 66.2 Å². The lowest BCUT2D eigenvalue weighted by Crippen LogP contribution is -2.33. The quantitative estimate of drug-likeness (QED) is 0.635. The largest absolute Gasteiger partial charge is 0.442 e. The summed E-state index contributed by atoms with van der Waals surface area (Å²) >= 11 is 0. The summed E-state index contributed by atoms with van der Waals surface area (Å²) in [6, 6.07) is 12.1. The van der Waals surface area contributed by atoms with Crippen molar-refractivity contribution in [3.63, 3.8) is 0 Å². The fraction of sp³-hybridized carbons (Fsp3) is 0.227. The first-order valence-electron chi connectivity index (χ1n) is 9.79. The predicted octanol–water partition coefficient (Wildman–Crippen LogP) is 2.78. The van der Waals surface area contributed by atoms with Crippen molar-refractivity contribution in [2.75, 3.05) is 23.7 Å². The average molecular weight is 423 g/mol. The Morgan fingerprint density at radius 1 is 1.29 bits per heavy atom. The minimum Gasteiger partial charge on any atom is -0.442 e. The molecule has 1 aliphatic rings. The summed E-state index contributed by atoms with van der Waals surface area (Å²) in [7, 11) is 0. The van der Waals surface area contributed by atoms with E-state index in [1.165, 1.54) is 17.9 Å². The second-order valence-electron chi connectivity index (χ2n) is 7.33. The normalized spacial score (nSPS) is 15.7. The summed E-state index contributed by atoms with van der Waals surface area (Å²) < 4.78 is 21.9. The SMILES string of the molecule is CC(=O)NC[C@H]1CN(c2ccc(-c3ccc(Cn4ccnc4N)cc3)c(F)c2)C(=O)O1. The van der Waals surface area contributed by atoms with Gasteiger partial charge in [-0.1, -0.05) is 24.3 Å². The van der Waals surface area contributed by atoms with Crippen LogP contribution in [-0.4, -0.2) is 40.7 Å². The van der Waals surface area contributed by atoms with Crippen LogP contribution in [0.25, 0.3) is 11.1 Å². The number of rotatable bonds is 6. The summed E-state index contributed by atoms with van der Waals surface area (Å²) in [5, 5.41) is 2.61. The van der Waals surface area contributed by atoms with Crippen LogP contribution in [0.15, 0.2) is 54.9 Å². The highest BCUT2D eigenvalue weighted by Crippen LogP contribution is 2.29. The molecule has 0 bridgehead atoms. The number of nitrogens with one attached hydrogen (secondary N) is 1. The number of hydrogen-bond acceptors (Lipinski definition) is 5. The first-order valence-corrected chi connectivity index (χ1v) is 9.79. The van der Waals surface area contributed by atoms with E-state index in [0.29, 0.717) is 23.7 Å². The van der Waals surface area contributed by atoms with Crippen molar-refractivity contribution in [3.8, 4) is 11.1 Å². The van der Waals surface area contributed by atoms with E-state index in [1.807, 2.05) is 28.8 Å². The van der Waals surface area contributed by atoms with Gasteiger partial charge < -0.3 is 20.4 Å². The smallest absolute Gasteiger partial charge is 0.414 e. The van der Waals surface area contributed by atoms with Crippen LogP contribution in [0, 0.1) is 5.82 Å². The predicted molar refractivity (Wildman–Crippen MR) is 114 cm³/mol. The van der Waals surface area contributed by atoms with Gasteiger partial charge in [0.25, 0.3) is 0 Å². The van der Waals surface area contributed by atoms with Crippen molar-refractivity contribution in [2.45, 2.75) is 19.6 Å². The molecule has 9 heteroatoms. The number of cyclic esters (lactones) is 1. The highest BCUT2D eigenvalue weighted by atomic mass is 19.1. The number of imidazole rings is 1. The van der Waals surface area contributed by atoms with E-state index in [0.717, 1.165) is 11.1 Å². The van der Waals surface area contributed by atoms with Crippen LogP contribution < -0.4 is 16.0 Å². The van der Waals surface area contributed by atoms with E-state index in [9.17, 15) is 14.0 Å². The number of halogens is 1. The molecular formula is C22H22FN5O3. The zero-order valence-electron chi connectivity index (χ0n) is 16.9. The number of ether oxygens (including phenoxy) is 1. The zero-order chi connectivity index (χ0) is 22.0. The highest BCUT2D eigenvalue weighted by molar-refractivity contribution is 5.90. The third-order valence-corrected chi connectivity index (χ3v) is 5.08. The molecule has 1 aliphatic heterocycles. The fourth-order valence-corrected chi connectivity index (χ4v) is 3.46.